The van der Waals surface area contributed by atoms with E-state index in [4.69, 9.17) is 0 Å². The van der Waals surface area contributed by atoms with Crippen LogP contribution in [0.15, 0.2) is 24.3 Å². The molecule has 2 nitrogen and oxygen atoms in total. The quantitative estimate of drug-likeness (QED) is 0.482. The van der Waals surface area contributed by atoms with Crippen LogP contribution in [-0.4, -0.2) is 16.9 Å². The van der Waals surface area contributed by atoms with Gasteiger partial charge in [-0.1, -0.05) is 46.6 Å². The van der Waals surface area contributed by atoms with Gasteiger partial charge in [-0.3, -0.25) is 9.59 Å². The molecular formula is C13H13BrO2. The highest BCUT2D eigenvalue weighted by Crippen LogP contribution is 2.29. The van der Waals surface area contributed by atoms with Crippen molar-refractivity contribution < 1.29 is 9.59 Å². The first-order valence-corrected chi connectivity index (χ1v) is 6.61. The molecule has 0 radical (unpaired) electrons. The van der Waals surface area contributed by atoms with Crippen LogP contribution in [0.4, 0.5) is 0 Å². The SMILES string of the molecule is O=C1c2ccccc2C(=O)C1CCCCBr. The number of unbranched alkanes of at least 4 members (excludes halogenated alkanes) is 1. The second-order valence-electron chi connectivity index (χ2n) is 4.01. The van der Waals surface area contributed by atoms with Crippen molar-refractivity contribution in [2.45, 2.75) is 19.3 Å². The zero-order valence-electron chi connectivity index (χ0n) is 8.91. The molecule has 1 aliphatic rings. The number of rotatable bonds is 4. The number of hydrogen-bond donors (Lipinski definition) is 0. The Bertz CT molecular complexity index is 391. The van der Waals surface area contributed by atoms with Crippen molar-refractivity contribution in [3.05, 3.63) is 35.4 Å². The lowest BCUT2D eigenvalue weighted by molar-refractivity contribution is 0.0829. The van der Waals surface area contributed by atoms with Gasteiger partial charge in [0.05, 0.1) is 5.92 Å². The van der Waals surface area contributed by atoms with Crippen LogP contribution < -0.4 is 0 Å². The standard InChI is InChI=1S/C13H13BrO2/c14-8-4-3-7-11-12(15)9-5-1-2-6-10(9)13(11)16/h1-2,5-6,11H,3-4,7-8H2. The fourth-order valence-electron chi connectivity index (χ4n) is 2.11. The number of ketones is 2. The van der Waals surface area contributed by atoms with Gasteiger partial charge in [0, 0.05) is 16.5 Å². The summed E-state index contributed by atoms with van der Waals surface area (Å²) in [6.45, 7) is 0. The van der Waals surface area contributed by atoms with Crippen molar-refractivity contribution >= 4 is 27.5 Å². The number of carbonyl (C=O) groups excluding carboxylic acids is 2. The Morgan fingerprint density at radius 2 is 1.56 bits per heavy atom. The fourth-order valence-corrected chi connectivity index (χ4v) is 2.51. The molecule has 0 aromatic heterocycles. The van der Waals surface area contributed by atoms with Gasteiger partial charge in [-0.05, 0) is 12.8 Å². The maximum Gasteiger partial charge on any atom is 0.174 e. The van der Waals surface area contributed by atoms with Crippen LogP contribution in [0.2, 0.25) is 0 Å². The molecular weight excluding hydrogens is 268 g/mol. The van der Waals surface area contributed by atoms with E-state index in [0.29, 0.717) is 17.5 Å². The molecule has 0 heterocycles. The molecule has 1 aliphatic carbocycles. The van der Waals surface area contributed by atoms with E-state index in [0.717, 1.165) is 18.2 Å². The normalized spacial score (nSPS) is 15.6. The average Bonchev–Trinajstić information content (AvgIpc) is 2.55. The van der Waals surface area contributed by atoms with Crippen LogP contribution in [0, 0.1) is 5.92 Å². The van der Waals surface area contributed by atoms with Gasteiger partial charge >= 0.3 is 0 Å². The van der Waals surface area contributed by atoms with Crippen molar-refractivity contribution in [2.75, 3.05) is 5.33 Å². The third-order valence-electron chi connectivity index (χ3n) is 2.97. The first-order valence-electron chi connectivity index (χ1n) is 5.49. The number of benzene rings is 1. The summed E-state index contributed by atoms with van der Waals surface area (Å²) in [4.78, 5) is 23.9. The predicted octanol–water partition coefficient (Wildman–Crippen LogP) is 3.25. The number of Topliss-reactive ketones (excluding diaryl/α,β-unsaturated/α-hetero) is 2. The van der Waals surface area contributed by atoms with E-state index in [9.17, 15) is 9.59 Å². The van der Waals surface area contributed by atoms with E-state index in [1.54, 1.807) is 12.1 Å². The van der Waals surface area contributed by atoms with Gasteiger partial charge in [0.1, 0.15) is 0 Å². The number of halogens is 1. The molecule has 1 aromatic rings. The molecule has 1 aromatic carbocycles. The summed E-state index contributed by atoms with van der Waals surface area (Å²) in [6.07, 6.45) is 2.60. The van der Waals surface area contributed by atoms with Crippen molar-refractivity contribution in [2.24, 2.45) is 5.92 Å². The summed E-state index contributed by atoms with van der Waals surface area (Å²) in [7, 11) is 0. The van der Waals surface area contributed by atoms with Crippen molar-refractivity contribution in [3.63, 3.8) is 0 Å². The highest BCUT2D eigenvalue weighted by Gasteiger charge is 2.37. The second kappa shape index (κ2) is 4.91. The van der Waals surface area contributed by atoms with Gasteiger partial charge in [0.2, 0.25) is 0 Å². The molecule has 0 saturated heterocycles. The van der Waals surface area contributed by atoms with Crippen LogP contribution in [0.1, 0.15) is 40.0 Å². The van der Waals surface area contributed by atoms with Gasteiger partial charge < -0.3 is 0 Å². The van der Waals surface area contributed by atoms with E-state index < -0.39 is 5.92 Å². The summed E-state index contributed by atoms with van der Waals surface area (Å²) in [6, 6.07) is 7.12. The molecule has 0 unspecified atom stereocenters. The van der Waals surface area contributed by atoms with Crippen molar-refractivity contribution in [1.82, 2.24) is 0 Å². The molecule has 16 heavy (non-hydrogen) atoms. The van der Waals surface area contributed by atoms with Crippen LogP contribution in [0.25, 0.3) is 0 Å². The van der Waals surface area contributed by atoms with Crippen LogP contribution in [-0.2, 0) is 0 Å². The lowest BCUT2D eigenvalue weighted by atomic mass is 9.97. The first kappa shape index (κ1) is 11.5. The van der Waals surface area contributed by atoms with Gasteiger partial charge in [-0.15, -0.1) is 0 Å². The Kier molecular flexibility index (Phi) is 3.54. The molecule has 0 bridgehead atoms. The first-order chi connectivity index (χ1) is 7.75. The molecule has 0 fully saturated rings. The number of fused-ring (bicyclic) bond motifs is 1. The monoisotopic (exact) mass is 280 g/mol. The summed E-state index contributed by atoms with van der Waals surface area (Å²) in [5.41, 5.74) is 1.22. The van der Waals surface area contributed by atoms with Crippen molar-refractivity contribution in [3.8, 4) is 0 Å². The zero-order valence-corrected chi connectivity index (χ0v) is 10.5. The molecule has 0 aliphatic heterocycles. The largest absolute Gasteiger partial charge is 0.293 e. The smallest absolute Gasteiger partial charge is 0.174 e. The lowest BCUT2D eigenvalue weighted by Crippen LogP contribution is -2.14. The molecule has 3 heteroatoms. The summed E-state index contributed by atoms with van der Waals surface area (Å²) < 4.78 is 0. The van der Waals surface area contributed by atoms with E-state index in [1.807, 2.05) is 12.1 Å². The maximum atomic E-state index is 12.0. The van der Waals surface area contributed by atoms with Gasteiger partial charge in [-0.25, -0.2) is 0 Å². The number of hydrogen-bond acceptors (Lipinski definition) is 2. The minimum atomic E-state index is -0.420. The topological polar surface area (TPSA) is 34.1 Å². The Morgan fingerprint density at radius 1 is 1.00 bits per heavy atom. The highest BCUT2D eigenvalue weighted by molar-refractivity contribution is 9.09. The van der Waals surface area contributed by atoms with E-state index in [-0.39, 0.29) is 11.6 Å². The summed E-state index contributed by atoms with van der Waals surface area (Å²) >= 11 is 3.35. The molecule has 0 amide bonds. The zero-order chi connectivity index (χ0) is 11.5. The van der Waals surface area contributed by atoms with Gasteiger partial charge in [-0.2, -0.15) is 0 Å². The van der Waals surface area contributed by atoms with E-state index in [1.165, 1.54) is 0 Å². The summed E-state index contributed by atoms with van der Waals surface area (Å²) in [5, 5.41) is 0.926. The van der Waals surface area contributed by atoms with E-state index in [2.05, 4.69) is 15.9 Å². The van der Waals surface area contributed by atoms with E-state index >= 15 is 0 Å². The second-order valence-corrected chi connectivity index (χ2v) is 4.80. The third-order valence-corrected chi connectivity index (χ3v) is 3.53. The Balaban J connectivity index is 2.15. The van der Waals surface area contributed by atoms with Crippen LogP contribution >= 0.6 is 15.9 Å². The number of carbonyl (C=O) groups is 2. The molecule has 0 saturated carbocycles. The molecule has 0 N–H and O–H groups in total. The van der Waals surface area contributed by atoms with Crippen LogP contribution in [0.5, 0.6) is 0 Å². The van der Waals surface area contributed by atoms with Crippen LogP contribution in [0.3, 0.4) is 0 Å². The Labute approximate surface area is 103 Å². The molecule has 0 atom stereocenters. The van der Waals surface area contributed by atoms with Crippen molar-refractivity contribution in [1.29, 1.82) is 0 Å². The third kappa shape index (κ3) is 1.96. The Morgan fingerprint density at radius 3 is 2.06 bits per heavy atom. The average molecular weight is 281 g/mol. The Hall–Kier alpha value is -0.960. The lowest BCUT2D eigenvalue weighted by Gasteiger charge is -2.04. The fraction of sp³-hybridized carbons (Fsp3) is 0.385. The highest BCUT2D eigenvalue weighted by atomic mass is 79.9. The molecule has 84 valence electrons. The van der Waals surface area contributed by atoms with Gasteiger partial charge in [0.15, 0.2) is 11.6 Å². The minimum absolute atomic E-state index is 0.00942. The minimum Gasteiger partial charge on any atom is -0.293 e. The maximum absolute atomic E-state index is 12.0. The molecule has 2 rings (SSSR count). The molecule has 0 spiro atoms. The number of alkyl halides is 1. The van der Waals surface area contributed by atoms with Gasteiger partial charge in [0.25, 0.3) is 0 Å². The summed E-state index contributed by atoms with van der Waals surface area (Å²) in [5.74, 6) is -0.401. The predicted molar refractivity (Wildman–Crippen MR) is 66.2 cm³/mol.